The highest BCUT2D eigenvalue weighted by atomic mass is 16.5. The Morgan fingerprint density at radius 3 is 2.71 bits per heavy atom. The summed E-state index contributed by atoms with van der Waals surface area (Å²) in [4.78, 5) is 17.6. The van der Waals surface area contributed by atoms with E-state index in [1.165, 1.54) is 4.57 Å². The van der Waals surface area contributed by atoms with Crippen LogP contribution in [0, 0.1) is 6.92 Å². The zero-order chi connectivity index (χ0) is 23.7. The van der Waals surface area contributed by atoms with Crippen LogP contribution in [0.25, 0.3) is 28.2 Å². The third-order valence-electron chi connectivity index (χ3n) is 5.52. The quantitative estimate of drug-likeness (QED) is 0.365. The Morgan fingerprint density at radius 1 is 1.06 bits per heavy atom. The van der Waals surface area contributed by atoms with Crippen LogP contribution in [0.3, 0.4) is 0 Å². The van der Waals surface area contributed by atoms with E-state index < -0.39 is 0 Å². The number of aromatic nitrogens is 5. The smallest absolute Gasteiger partial charge is 0.277 e. The standard InChI is InChI=1S/C25H23N5O4/c1-4-33-21-10-9-17(13-22(21)32-3)24-26-23(34-28-24)15-29-11-12-30-20(25(29)31)14-19(27-30)18-8-6-5-7-16(18)2/h5-14H,4,15H2,1-3H3. The van der Waals surface area contributed by atoms with Gasteiger partial charge in [-0.25, -0.2) is 4.52 Å². The highest BCUT2D eigenvalue weighted by Gasteiger charge is 2.15. The van der Waals surface area contributed by atoms with E-state index in [1.54, 1.807) is 42.2 Å². The van der Waals surface area contributed by atoms with E-state index in [1.807, 2.05) is 44.2 Å². The molecule has 0 fully saturated rings. The number of ether oxygens (including phenoxy) is 2. The number of aryl methyl sites for hydroxylation is 1. The van der Waals surface area contributed by atoms with E-state index in [2.05, 4.69) is 15.2 Å². The fraction of sp³-hybridized carbons (Fsp3) is 0.200. The number of rotatable bonds is 7. The lowest BCUT2D eigenvalue weighted by Crippen LogP contribution is -2.21. The van der Waals surface area contributed by atoms with Crippen LogP contribution >= 0.6 is 0 Å². The van der Waals surface area contributed by atoms with Gasteiger partial charge in [-0.1, -0.05) is 29.4 Å². The maximum Gasteiger partial charge on any atom is 0.277 e. The molecule has 0 aliphatic carbocycles. The van der Waals surface area contributed by atoms with Crippen LogP contribution in [0.1, 0.15) is 18.4 Å². The zero-order valence-electron chi connectivity index (χ0n) is 19.1. The van der Waals surface area contributed by atoms with E-state index in [4.69, 9.17) is 14.0 Å². The molecule has 0 spiro atoms. The molecule has 3 heterocycles. The molecule has 0 unspecified atom stereocenters. The molecule has 9 heteroatoms. The van der Waals surface area contributed by atoms with Crippen molar-refractivity contribution < 1.29 is 14.0 Å². The first-order valence-corrected chi connectivity index (χ1v) is 10.9. The average Bonchev–Trinajstić information content (AvgIpc) is 3.49. The van der Waals surface area contributed by atoms with Gasteiger partial charge in [-0.05, 0) is 43.7 Å². The van der Waals surface area contributed by atoms with Crippen LogP contribution in [0.2, 0.25) is 0 Å². The molecule has 0 saturated carbocycles. The molecule has 5 rings (SSSR count). The molecule has 0 bridgehead atoms. The molecular formula is C25H23N5O4. The summed E-state index contributed by atoms with van der Waals surface area (Å²) in [6.45, 7) is 4.60. The van der Waals surface area contributed by atoms with Crippen molar-refractivity contribution in [2.24, 2.45) is 0 Å². The summed E-state index contributed by atoms with van der Waals surface area (Å²) in [5.41, 5.74) is 3.82. The number of hydrogen-bond donors (Lipinski definition) is 0. The second kappa shape index (κ2) is 8.86. The highest BCUT2D eigenvalue weighted by Crippen LogP contribution is 2.31. The van der Waals surface area contributed by atoms with Crippen molar-refractivity contribution in [1.82, 2.24) is 24.3 Å². The molecular weight excluding hydrogens is 434 g/mol. The fourth-order valence-electron chi connectivity index (χ4n) is 3.81. The van der Waals surface area contributed by atoms with E-state index in [0.717, 1.165) is 22.4 Å². The van der Waals surface area contributed by atoms with Crippen molar-refractivity contribution in [1.29, 1.82) is 0 Å². The molecule has 0 saturated heterocycles. The number of benzene rings is 2. The van der Waals surface area contributed by atoms with Crippen molar-refractivity contribution in [2.45, 2.75) is 20.4 Å². The van der Waals surface area contributed by atoms with E-state index in [0.29, 0.717) is 35.3 Å². The van der Waals surface area contributed by atoms with Crippen LogP contribution in [-0.4, -0.2) is 38.0 Å². The summed E-state index contributed by atoms with van der Waals surface area (Å²) in [5.74, 6) is 1.94. The molecule has 0 N–H and O–H groups in total. The number of nitrogens with zero attached hydrogens (tertiary/aromatic N) is 5. The third kappa shape index (κ3) is 3.92. The van der Waals surface area contributed by atoms with Crippen LogP contribution < -0.4 is 15.0 Å². The molecule has 3 aromatic heterocycles. The molecule has 0 amide bonds. The van der Waals surface area contributed by atoms with Crippen LogP contribution in [-0.2, 0) is 6.54 Å². The van der Waals surface area contributed by atoms with Gasteiger partial charge in [0.05, 0.1) is 19.4 Å². The van der Waals surface area contributed by atoms with E-state index in [9.17, 15) is 4.79 Å². The average molecular weight is 457 g/mol. The predicted molar refractivity (Wildman–Crippen MR) is 126 cm³/mol. The van der Waals surface area contributed by atoms with Crippen molar-refractivity contribution in [3.05, 3.63) is 82.7 Å². The lowest BCUT2D eigenvalue weighted by Gasteiger charge is -2.09. The fourth-order valence-corrected chi connectivity index (χ4v) is 3.81. The monoisotopic (exact) mass is 457 g/mol. The van der Waals surface area contributed by atoms with Gasteiger partial charge in [0.2, 0.25) is 11.7 Å². The van der Waals surface area contributed by atoms with Gasteiger partial charge >= 0.3 is 0 Å². The number of hydrogen-bond acceptors (Lipinski definition) is 7. The number of fused-ring (bicyclic) bond motifs is 1. The van der Waals surface area contributed by atoms with Gasteiger partial charge in [0, 0.05) is 23.5 Å². The molecule has 0 aliphatic rings. The van der Waals surface area contributed by atoms with Gasteiger partial charge in [-0.15, -0.1) is 0 Å². The second-order valence-corrected chi connectivity index (χ2v) is 7.72. The van der Waals surface area contributed by atoms with E-state index >= 15 is 0 Å². The van der Waals surface area contributed by atoms with Crippen LogP contribution in [0.5, 0.6) is 11.5 Å². The summed E-state index contributed by atoms with van der Waals surface area (Å²) in [6, 6.07) is 15.2. The van der Waals surface area contributed by atoms with Crippen molar-refractivity contribution in [2.75, 3.05) is 13.7 Å². The molecule has 5 aromatic rings. The summed E-state index contributed by atoms with van der Waals surface area (Å²) in [5, 5.41) is 8.63. The van der Waals surface area contributed by atoms with E-state index in [-0.39, 0.29) is 12.1 Å². The second-order valence-electron chi connectivity index (χ2n) is 7.72. The third-order valence-corrected chi connectivity index (χ3v) is 5.52. The first-order valence-electron chi connectivity index (χ1n) is 10.9. The van der Waals surface area contributed by atoms with Gasteiger partial charge in [0.15, 0.2) is 11.5 Å². The van der Waals surface area contributed by atoms with Crippen molar-refractivity contribution in [3.8, 4) is 34.1 Å². The Bertz CT molecular complexity index is 1530. The first kappa shape index (κ1) is 21.4. The Kier molecular flexibility index (Phi) is 5.59. The normalized spacial score (nSPS) is 11.1. The lowest BCUT2D eigenvalue weighted by atomic mass is 10.1. The van der Waals surface area contributed by atoms with Gasteiger partial charge < -0.3 is 18.6 Å². The Morgan fingerprint density at radius 2 is 1.91 bits per heavy atom. The van der Waals surface area contributed by atoms with Crippen LogP contribution in [0.15, 0.2) is 70.2 Å². The summed E-state index contributed by atoms with van der Waals surface area (Å²) in [6.07, 6.45) is 3.40. The summed E-state index contributed by atoms with van der Waals surface area (Å²) in [7, 11) is 1.58. The Hall–Kier alpha value is -4.40. The molecule has 2 aromatic carbocycles. The van der Waals surface area contributed by atoms with Gasteiger partial charge in [-0.2, -0.15) is 10.1 Å². The minimum Gasteiger partial charge on any atom is -0.493 e. The van der Waals surface area contributed by atoms with Gasteiger partial charge in [0.1, 0.15) is 12.1 Å². The first-order chi connectivity index (χ1) is 16.6. The van der Waals surface area contributed by atoms with Crippen LogP contribution in [0.4, 0.5) is 0 Å². The number of methoxy groups -OCH3 is 1. The van der Waals surface area contributed by atoms with Gasteiger partial charge in [0.25, 0.3) is 5.56 Å². The molecule has 9 nitrogen and oxygen atoms in total. The van der Waals surface area contributed by atoms with Crippen molar-refractivity contribution in [3.63, 3.8) is 0 Å². The largest absolute Gasteiger partial charge is 0.493 e. The maximum atomic E-state index is 13.1. The molecule has 0 aliphatic heterocycles. The zero-order valence-corrected chi connectivity index (χ0v) is 19.1. The highest BCUT2D eigenvalue weighted by molar-refractivity contribution is 5.68. The topological polar surface area (TPSA) is 96.7 Å². The SMILES string of the molecule is CCOc1ccc(-c2noc(Cn3ccn4nc(-c5ccccc5C)cc4c3=O)n2)cc1OC. The summed E-state index contributed by atoms with van der Waals surface area (Å²) >= 11 is 0. The minimum atomic E-state index is -0.197. The Balaban J connectivity index is 1.43. The molecule has 172 valence electrons. The lowest BCUT2D eigenvalue weighted by molar-refractivity contribution is 0.311. The molecule has 34 heavy (non-hydrogen) atoms. The molecule has 0 atom stereocenters. The Labute approximate surface area is 195 Å². The molecule has 0 radical (unpaired) electrons. The minimum absolute atomic E-state index is 0.140. The van der Waals surface area contributed by atoms with Gasteiger partial charge in [-0.3, -0.25) is 4.79 Å². The predicted octanol–water partition coefficient (Wildman–Crippen LogP) is 3.98. The summed E-state index contributed by atoms with van der Waals surface area (Å²) < 4.78 is 19.5. The maximum absolute atomic E-state index is 13.1. The van der Waals surface area contributed by atoms with Crippen molar-refractivity contribution >= 4 is 5.52 Å².